The number of nitrogens with zero attached hydrogens (tertiary/aromatic N) is 7. The second kappa shape index (κ2) is 19.5. The molecule has 3 heterocycles. The number of likely N-dealkylation sites (tertiary alicyclic amines) is 1. The summed E-state index contributed by atoms with van der Waals surface area (Å²) < 4.78 is 21.3. The van der Waals surface area contributed by atoms with Gasteiger partial charge in [0.15, 0.2) is 5.82 Å². The molecular formula is C43H50FN7O3. The van der Waals surface area contributed by atoms with Gasteiger partial charge < -0.3 is 19.1 Å². The standard InChI is InChI=1S/C39H42FN5O3.C4H8N2/c1-27-11-16-36(48-3)33(24-27)39(47)43(2)25-30(28-12-14-31(40)15-13-28)19-23-44-21-17-29(18-22-44)37(46)38-42-34-9-4-5-10-35(34)45(38)26-32-8-6-7-20-41-32;1-3-5-6-4-2/h4-16,20,24,29-30H,17-19,21-23,25-26H2,1-3H3;3-4H,1-2H3/b;5-3-,6-4-. The Hall–Kier alpha value is -5.55. The number of carbonyl (C=O) groups excluding carboxylic acids is 2. The number of aryl methyl sites for hydroxylation is 1. The molecule has 1 amide bonds. The number of fused-ring (bicyclic) bond motifs is 1. The van der Waals surface area contributed by atoms with Crippen molar-refractivity contribution in [2.24, 2.45) is 16.1 Å². The first-order valence-corrected chi connectivity index (χ1v) is 18.4. The molecule has 0 saturated carbocycles. The van der Waals surface area contributed by atoms with Gasteiger partial charge in [0.1, 0.15) is 11.6 Å². The summed E-state index contributed by atoms with van der Waals surface area (Å²) in [6.07, 6.45) is 7.33. The van der Waals surface area contributed by atoms with Crippen molar-refractivity contribution in [1.82, 2.24) is 24.3 Å². The zero-order chi connectivity index (χ0) is 38.5. The molecule has 0 aliphatic carbocycles. The number of methoxy groups -OCH3 is 1. The fourth-order valence-electron chi connectivity index (χ4n) is 6.86. The second-order valence-electron chi connectivity index (χ2n) is 13.5. The summed E-state index contributed by atoms with van der Waals surface area (Å²) in [5, 5.41) is 7.07. The molecule has 1 fully saturated rings. The topological polar surface area (TPSA) is 105 Å². The van der Waals surface area contributed by atoms with E-state index in [4.69, 9.17) is 9.72 Å². The first-order valence-electron chi connectivity index (χ1n) is 18.4. The Labute approximate surface area is 317 Å². The van der Waals surface area contributed by atoms with Crippen LogP contribution in [0.1, 0.15) is 76.8 Å². The zero-order valence-electron chi connectivity index (χ0n) is 31.9. The molecule has 6 rings (SSSR count). The number of likely N-dealkylation sites (N-methyl/N-ethyl adjacent to an activating group) is 1. The number of hydrogen-bond donors (Lipinski definition) is 0. The number of ketones is 1. The third-order valence-electron chi connectivity index (χ3n) is 9.74. The van der Waals surface area contributed by atoms with Crippen molar-refractivity contribution < 1.29 is 18.7 Å². The largest absolute Gasteiger partial charge is 0.496 e. The monoisotopic (exact) mass is 731 g/mol. The normalized spacial score (nSPS) is 14.3. The van der Waals surface area contributed by atoms with Gasteiger partial charge in [-0.1, -0.05) is 42.0 Å². The average molecular weight is 732 g/mol. The van der Waals surface area contributed by atoms with Crippen molar-refractivity contribution in [1.29, 1.82) is 0 Å². The van der Waals surface area contributed by atoms with Gasteiger partial charge in [0.2, 0.25) is 5.78 Å². The molecule has 0 spiro atoms. The fourth-order valence-corrected chi connectivity index (χ4v) is 6.86. The molecule has 0 N–H and O–H groups in total. The molecule has 1 saturated heterocycles. The van der Waals surface area contributed by atoms with E-state index in [1.165, 1.54) is 12.1 Å². The highest BCUT2D eigenvalue weighted by molar-refractivity contribution is 5.98. The van der Waals surface area contributed by atoms with Gasteiger partial charge >= 0.3 is 0 Å². The van der Waals surface area contributed by atoms with E-state index in [9.17, 15) is 14.0 Å². The number of benzene rings is 3. The van der Waals surface area contributed by atoms with E-state index in [2.05, 4.69) is 20.1 Å². The van der Waals surface area contributed by atoms with E-state index in [1.807, 2.05) is 98.1 Å². The molecule has 282 valence electrons. The van der Waals surface area contributed by atoms with Crippen LogP contribution in [0.2, 0.25) is 0 Å². The van der Waals surface area contributed by atoms with Gasteiger partial charge in [0, 0.05) is 44.1 Å². The van der Waals surface area contributed by atoms with Gasteiger partial charge in [0.05, 0.1) is 35.9 Å². The van der Waals surface area contributed by atoms with E-state index >= 15 is 0 Å². The highest BCUT2D eigenvalue weighted by Crippen LogP contribution is 2.28. The van der Waals surface area contributed by atoms with Crippen LogP contribution in [-0.2, 0) is 6.54 Å². The minimum atomic E-state index is -0.285. The van der Waals surface area contributed by atoms with Crippen LogP contribution < -0.4 is 4.74 Å². The average Bonchev–Trinajstić information content (AvgIpc) is 3.57. The Morgan fingerprint density at radius 2 is 1.69 bits per heavy atom. The molecule has 10 nitrogen and oxygen atoms in total. The van der Waals surface area contributed by atoms with Crippen molar-refractivity contribution >= 4 is 35.2 Å². The maximum Gasteiger partial charge on any atom is 0.257 e. The zero-order valence-corrected chi connectivity index (χ0v) is 31.9. The number of hydrogen-bond acceptors (Lipinski definition) is 8. The number of ether oxygens (including phenoxy) is 1. The van der Waals surface area contributed by atoms with Crippen LogP contribution in [-0.4, -0.2) is 88.8 Å². The first kappa shape index (κ1) is 39.7. The van der Waals surface area contributed by atoms with E-state index in [-0.39, 0.29) is 29.3 Å². The quantitative estimate of drug-likeness (QED) is 0.0694. The molecule has 3 aromatic carbocycles. The van der Waals surface area contributed by atoms with Gasteiger partial charge in [-0.05, 0) is 114 Å². The summed E-state index contributed by atoms with van der Waals surface area (Å²) in [4.78, 5) is 40.9. The molecule has 11 heteroatoms. The van der Waals surface area contributed by atoms with Crippen LogP contribution in [0, 0.1) is 18.7 Å². The van der Waals surface area contributed by atoms with Crippen LogP contribution in [0.5, 0.6) is 5.75 Å². The number of rotatable bonds is 13. The molecule has 1 atom stereocenters. The van der Waals surface area contributed by atoms with Crippen molar-refractivity contribution in [2.75, 3.05) is 40.3 Å². The van der Waals surface area contributed by atoms with Crippen molar-refractivity contribution in [2.45, 2.75) is 52.5 Å². The number of halogens is 1. The summed E-state index contributed by atoms with van der Waals surface area (Å²) in [5.41, 5.74) is 5.12. The summed E-state index contributed by atoms with van der Waals surface area (Å²) in [5.74, 6) is 0.610. The molecule has 0 radical (unpaired) electrons. The predicted molar refractivity (Wildman–Crippen MR) is 213 cm³/mol. The smallest absolute Gasteiger partial charge is 0.257 e. The van der Waals surface area contributed by atoms with Crippen molar-refractivity contribution in [3.63, 3.8) is 0 Å². The Kier molecular flexibility index (Phi) is 14.3. The molecule has 2 aromatic heterocycles. The number of Topliss-reactive ketones (excluding diaryl/α,β-unsaturated/α-hetero) is 1. The molecule has 5 aromatic rings. The second-order valence-corrected chi connectivity index (χ2v) is 13.5. The highest BCUT2D eigenvalue weighted by Gasteiger charge is 2.30. The number of piperidine rings is 1. The Balaban J connectivity index is 0.000000864. The Morgan fingerprint density at radius 1 is 0.981 bits per heavy atom. The number of amides is 1. The molecular weight excluding hydrogens is 682 g/mol. The first-order chi connectivity index (χ1) is 26.2. The molecule has 54 heavy (non-hydrogen) atoms. The van der Waals surface area contributed by atoms with Crippen LogP contribution in [0.25, 0.3) is 11.0 Å². The van der Waals surface area contributed by atoms with Gasteiger partial charge in [-0.2, -0.15) is 10.2 Å². The van der Waals surface area contributed by atoms with E-state index in [0.717, 1.165) is 66.8 Å². The van der Waals surface area contributed by atoms with Crippen molar-refractivity contribution in [3.8, 4) is 5.75 Å². The van der Waals surface area contributed by atoms with Crippen molar-refractivity contribution in [3.05, 3.63) is 125 Å². The summed E-state index contributed by atoms with van der Waals surface area (Å²) in [6, 6.07) is 25.8. The van der Waals surface area contributed by atoms with Gasteiger partial charge in [0.25, 0.3) is 5.91 Å². The van der Waals surface area contributed by atoms with Crippen LogP contribution in [0.4, 0.5) is 4.39 Å². The lowest BCUT2D eigenvalue weighted by atomic mass is 9.90. The third-order valence-corrected chi connectivity index (χ3v) is 9.74. The maximum absolute atomic E-state index is 13.9. The Bertz CT molecular complexity index is 2030. The number of aromatic nitrogens is 3. The van der Waals surface area contributed by atoms with Crippen LogP contribution in [0.15, 0.2) is 101 Å². The van der Waals surface area contributed by atoms with E-state index in [0.29, 0.717) is 30.2 Å². The van der Waals surface area contributed by atoms with E-state index < -0.39 is 0 Å². The fraction of sp³-hybridized carbons (Fsp3) is 0.349. The molecule has 1 aliphatic rings. The number of imidazole rings is 1. The maximum atomic E-state index is 13.9. The minimum absolute atomic E-state index is 0.00112. The third kappa shape index (κ3) is 10.3. The SMILES string of the molecule is C/C=N\N=C/C.COc1ccc(C)cc1C(=O)N(C)CC(CCN1CCC(C(=O)c2nc3ccccc3n2Cc2ccccn2)CC1)c1ccc(F)cc1. The van der Waals surface area contributed by atoms with Gasteiger partial charge in [-0.15, -0.1) is 0 Å². The van der Waals surface area contributed by atoms with Crippen LogP contribution in [0.3, 0.4) is 0 Å². The number of carbonyl (C=O) groups is 2. The number of pyridine rings is 1. The summed E-state index contributed by atoms with van der Waals surface area (Å²) in [7, 11) is 3.37. The summed E-state index contributed by atoms with van der Waals surface area (Å²) in [6.45, 7) is 8.96. The lowest BCUT2D eigenvalue weighted by Gasteiger charge is -2.33. The van der Waals surface area contributed by atoms with Gasteiger partial charge in [-0.3, -0.25) is 14.6 Å². The lowest BCUT2D eigenvalue weighted by Crippen LogP contribution is -2.39. The lowest BCUT2D eigenvalue weighted by molar-refractivity contribution is 0.0776. The number of para-hydroxylation sites is 2. The minimum Gasteiger partial charge on any atom is -0.496 e. The molecule has 0 bridgehead atoms. The predicted octanol–water partition coefficient (Wildman–Crippen LogP) is 7.86. The molecule has 1 unspecified atom stereocenters. The summed E-state index contributed by atoms with van der Waals surface area (Å²) >= 11 is 0. The van der Waals surface area contributed by atoms with Gasteiger partial charge in [-0.25, -0.2) is 9.37 Å². The Morgan fingerprint density at radius 3 is 2.35 bits per heavy atom. The van der Waals surface area contributed by atoms with E-state index in [1.54, 1.807) is 37.7 Å². The molecule has 1 aliphatic heterocycles. The highest BCUT2D eigenvalue weighted by atomic mass is 19.1. The van der Waals surface area contributed by atoms with Crippen LogP contribution >= 0.6 is 0 Å².